The van der Waals surface area contributed by atoms with Gasteiger partial charge in [0.1, 0.15) is 17.2 Å². The maximum Gasteiger partial charge on any atom is 0.142 e. The fourth-order valence-corrected chi connectivity index (χ4v) is 4.40. The molecule has 0 aliphatic carbocycles. The van der Waals surface area contributed by atoms with E-state index in [1.54, 1.807) is 12.5 Å². The highest BCUT2D eigenvalue weighted by Gasteiger charge is 2.48. The molecule has 5 nitrogen and oxygen atoms in total. The lowest BCUT2D eigenvalue weighted by molar-refractivity contribution is 0.0189. The summed E-state index contributed by atoms with van der Waals surface area (Å²) in [6.07, 6.45) is 9.55. The summed E-state index contributed by atoms with van der Waals surface area (Å²) in [5.41, 5.74) is 1.11. The third kappa shape index (κ3) is 1.78. The van der Waals surface area contributed by atoms with Crippen molar-refractivity contribution in [3.63, 3.8) is 0 Å². The number of rotatable bonds is 2. The Kier molecular flexibility index (Phi) is 2.56. The molecule has 0 aromatic carbocycles. The number of nitrogens with one attached hydrogen (secondary N) is 2. The van der Waals surface area contributed by atoms with Crippen LogP contribution in [0.25, 0.3) is 11.0 Å². The first-order valence-electron chi connectivity index (χ1n) is 8.12. The van der Waals surface area contributed by atoms with Gasteiger partial charge < -0.3 is 20.0 Å². The number of piperidine rings is 3. The van der Waals surface area contributed by atoms with Crippen molar-refractivity contribution in [3.05, 3.63) is 36.5 Å². The smallest absolute Gasteiger partial charge is 0.142 e. The van der Waals surface area contributed by atoms with Crippen LogP contribution in [0.1, 0.15) is 19.3 Å². The third-order valence-corrected chi connectivity index (χ3v) is 5.56. The SMILES string of the molecule is C1=C(Nc2nccc3occc23)N[C@@]2(C1)CN1CCC2CC1. The number of pyridine rings is 1. The molecule has 2 aromatic heterocycles. The van der Waals surface area contributed by atoms with E-state index in [1.165, 1.54) is 32.5 Å². The summed E-state index contributed by atoms with van der Waals surface area (Å²) in [5.74, 6) is 2.75. The van der Waals surface area contributed by atoms with Crippen molar-refractivity contribution in [2.45, 2.75) is 24.8 Å². The maximum absolute atomic E-state index is 5.45. The van der Waals surface area contributed by atoms with Crippen LogP contribution in [-0.2, 0) is 0 Å². The molecule has 3 saturated heterocycles. The molecule has 3 fully saturated rings. The summed E-state index contributed by atoms with van der Waals surface area (Å²) in [5, 5.41) is 8.27. The van der Waals surface area contributed by atoms with Crippen LogP contribution in [0.2, 0.25) is 0 Å². The average molecular weight is 296 g/mol. The first-order valence-corrected chi connectivity index (χ1v) is 8.12. The van der Waals surface area contributed by atoms with Crippen LogP contribution in [0, 0.1) is 5.92 Å². The molecule has 0 amide bonds. The Morgan fingerprint density at radius 1 is 1.32 bits per heavy atom. The van der Waals surface area contributed by atoms with E-state index in [1.807, 2.05) is 12.1 Å². The van der Waals surface area contributed by atoms with Gasteiger partial charge in [-0.25, -0.2) is 4.98 Å². The summed E-state index contributed by atoms with van der Waals surface area (Å²) < 4.78 is 5.45. The highest BCUT2D eigenvalue weighted by molar-refractivity contribution is 5.88. The quantitative estimate of drug-likeness (QED) is 0.892. The standard InChI is InChI=1S/C17H20N4O/c1-6-17(11-21-8-3-12(17)4-9-21)20-15(1)19-16-13-5-10-22-14(13)2-7-18-16/h1-2,5,7,10,12,20H,3-4,6,8-9,11H2,(H,18,19)/t17-/m0/s1. The van der Waals surface area contributed by atoms with E-state index in [0.717, 1.165) is 34.9 Å². The van der Waals surface area contributed by atoms with Gasteiger partial charge in [-0.05, 0) is 56.5 Å². The first-order chi connectivity index (χ1) is 10.8. The van der Waals surface area contributed by atoms with Gasteiger partial charge in [-0.2, -0.15) is 0 Å². The molecule has 114 valence electrons. The van der Waals surface area contributed by atoms with Gasteiger partial charge in [0.05, 0.1) is 17.2 Å². The minimum atomic E-state index is 0.239. The van der Waals surface area contributed by atoms with Crippen molar-refractivity contribution in [1.29, 1.82) is 0 Å². The lowest BCUT2D eigenvalue weighted by Crippen LogP contribution is -2.64. The Morgan fingerprint density at radius 2 is 2.23 bits per heavy atom. The van der Waals surface area contributed by atoms with Gasteiger partial charge in [0.25, 0.3) is 0 Å². The van der Waals surface area contributed by atoms with Crippen molar-refractivity contribution in [2.75, 3.05) is 25.0 Å². The van der Waals surface area contributed by atoms with Gasteiger partial charge in [0.15, 0.2) is 0 Å². The molecule has 0 unspecified atom stereocenters. The van der Waals surface area contributed by atoms with Crippen molar-refractivity contribution in [2.24, 2.45) is 5.92 Å². The van der Waals surface area contributed by atoms with Crippen LogP contribution in [0.5, 0.6) is 0 Å². The summed E-state index contributed by atoms with van der Waals surface area (Å²) >= 11 is 0. The molecule has 4 aliphatic rings. The fourth-order valence-electron chi connectivity index (χ4n) is 4.40. The molecule has 22 heavy (non-hydrogen) atoms. The Balaban J connectivity index is 1.39. The molecule has 2 N–H and O–H groups in total. The van der Waals surface area contributed by atoms with Gasteiger partial charge >= 0.3 is 0 Å². The molecule has 2 aromatic rings. The van der Waals surface area contributed by atoms with Crippen molar-refractivity contribution in [1.82, 2.24) is 15.2 Å². The number of aromatic nitrogens is 1. The Hall–Kier alpha value is -2.01. The molecule has 1 atom stereocenters. The molecule has 6 heterocycles. The van der Waals surface area contributed by atoms with Crippen LogP contribution in [-0.4, -0.2) is 35.1 Å². The Labute approximate surface area is 129 Å². The first kappa shape index (κ1) is 12.5. The monoisotopic (exact) mass is 296 g/mol. The van der Waals surface area contributed by atoms with E-state index >= 15 is 0 Å². The van der Waals surface area contributed by atoms with Gasteiger partial charge in [0, 0.05) is 12.7 Å². The second-order valence-corrected chi connectivity index (χ2v) is 6.77. The van der Waals surface area contributed by atoms with Gasteiger partial charge in [-0.3, -0.25) is 0 Å². The predicted octanol–water partition coefficient (Wildman–Crippen LogP) is 2.54. The number of hydrogen-bond acceptors (Lipinski definition) is 5. The minimum Gasteiger partial charge on any atom is -0.464 e. The highest BCUT2D eigenvalue weighted by Crippen LogP contribution is 2.41. The highest BCUT2D eigenvalue weighted by atomic mass is 16.3. The maximum atomic E-state index is 5.45. The van der Waals surface area contributed by atoms with E-state index in [-0.39, 0.29) is 5.54 Å². The zero-order valence-electron chi connectivity index (χ0n) is 12.5. The molecule has 2 bridgehead atoms. The minimum absolute atomic E-state index is 0.239. The van der Waals surface area contributed by atoms with Gasteiger partial charge in [0.2, 0.25) is 0 Å². The van der Waals surface area contributed by atoms with E-state index in [4.69, 9.17) is 4.42 Å². The van der Waals surface area contributed by atoms with Crippen LogP contribution >= 0.6 is 0 Å². The fraction of sp³-hybridized carbons (Fsp3) is 0.471. The topological polar surface area (TPSA) is 53.3 Å². The molecule has 6 rings (SSSR count). The molecular formula is C17H20N4O. The second-order valence-electron chi connectivity index (χ2n) is 6.77. The van der Waals surface area contributed by atoms with Crippen molar-refractivity contribution in [3.8, 4) is 0 Å². The van der Waals surface area contributed by atoms with Crippen LogP contribution in [0.15, 0.2) is 40.9 Å². The Morgan fingerprint density at radius 3 is 3.05 bits per heavy atom. The lowest BCUT2D eigenvalue weighted by Gasteiger charge is -2.52. The van der Waals surface area contributed by atoms with Crippen LogP contribution < -0.4 is 10.6 Å². The predicted molar refractivity (Wildman–Crippen MR) is 85.4 cm³/mol. The number of furan rings is 1. The summed E-state index contributed by atoms with van der Waals surface area (Å²) in [7, 11) is 0. The third-order valence-electron chi connectivity index (χ3n) is 5.56. The number of fused-ring (bicyclic) bond motifs is 3. The van der Waals surface area contributed by atoms with Crippen LogP contribution in [0.3, 0.4) is 0 Å². The number of hydrogen-bond donors (Lipinski definition) is 2. The summed E-state index contributed by atoms with van der Waals surface area (Å²) in [6.45, 7) is 3.71. The molecule has 4 aliphatic heterocycles. The van der Waals surface area contributed by atoms with Crippen LogP contribution in [0.4, 0.5) is 5.82 Å². The molecule has 0 radical (unpaired) electrons. The summed E-state index contributed by atoms with van der Waals surface area (Å²) in [4.78, 5) is 7.06. The average Bonchev–Trinajstić information content (AvgIpc) is 3.17. The van der Waals surface area contributed by atoms with Gasteiger partial charge in [-0.1, -0.05) is 0 Å². The van der Waals surface area contributed by atoms with Gasteiger partial charge in [-0.15, -0.1) is 0 Å². The van der Waals surface area contributed by atoms with Crippen molar-refractivity contribution < 1.29 is 4.42 Å². The second kappa shape index (κ2) is 4.49. The molecule has 5 heteroatoms. The van der Waals surface area contributed by atoms with E-state index in [0.29, 0.717) is 0 Å². The number of nitrogens with zero attached hydrogens (tertiary/aromatic N) is 2. The molecule has 0 saturated carbocycles. The lowest BCUT2D eigenvalue weighted by atomic mass is 9.72. The van der Waals surface area contributed by atoms with Crippen molar-refractivity contribution >= 4 is 16.8 Å². The number of anilines is 1. The zero-order chi connectivity index (χ0) is 14.6. The van der Waals surface area contributed by atoms with E-state index < -0.39 is 0 Å². The molecular weight excluding hydrogens is 276 g/mol. The Bertz CT molecular complexity index is 744. The summed E-state index contributed by atoms with van der Waals surface area (Å²) in [6, 6.07) is 3.86. The van der Waals surface area contributed by atoms with E-state index in [2.05, 4.69) is 26.6 Å². The normalized spacial score (nSPS) is 33.2. The zero-order valence-corrected chi connectivity index (χ0v) is 12.5. The largest absolute Gasteiger partial charge is 0.464 e. The van der Waals surface area contributed by atoms with E-state index in [9.17, 15) is 0 Å². The molecule has 1 spiro atoms.